The van der Waals surface area contributed by atoms with Crippen LogP contribution in [0, 0.1) is 0 Å². The second kappa shape index (κ2) is 8.78. The van der Waals surface area contributed by atoms with Gasteiger partial charge in [0.2, 0.25) is 5.91 Å². The van der Waals surface area contributed by atoms with Gasteiger partial charge in [0.25, 0.3) is 10.0 Å². The van der Waals surface area contributed by atoms with Crippen LogP contribution in [0.15, 0.2) is 58.1 Å². The van der Waals surface area contributed by atoms with Crippen LogP contribution in [-0.4, -0.2) is 36.2 Å². The van der Waals surface area contributed by atoms with E-state index < -0.39 is 22.0 Å². The van der Waals surface area contributed by atoms with Crippen LogP contribution < -0.4 is 5.32 Å². The lowest BCUT2D eigenvalue weighted by Gasteiger charge is -2.22. The number of hydrogen-bond donors (Lipinski definition) is 1. The fraction of sp³-hybridized carbons (Fsp3) is 0.158. The van der Waals surface area contributed by atoms with Crippen molar-refractivity contribution >= 4 is 61.8 Å². The number of aromatic nitrogens is 1. The van der Waals surface area contributed by atoms with E-state index in [1.807, 2.05) is 17.5 Å². The molecule has 3 heterocycles. The fourth-order valence-corrected chi connectivity index (χ4v) is 6.91. The zero-order valence-corrected chi connectivity index (χ0v) is 19.2. The third-order valence-corrected chi connectivity index (χ3v) is 9.05. The van der Waals surface area contributed by atoms with E-state index in [4.69, 9.17) is 23.2 Å². The van der Waals surface area contributed by atoms with Gasteiger partial charge in [0.05, 0.1) is 16.6 Å². The van der Waals surface area contributed by atoms with Crippen molar-refractivity contribution in [1.82, 2.24) is 14.6 Å². The number of benzene rings is 1. The summed E-state index contributed by atoms with van der Waals surface area (Å²) in [5.74, 6) is -0.404. The summed E-state index contributed by atoms with van der Waals surface area (Å²) in [6.07, 6.45) is 3.25. The summed E-state index contributed by atoms with van der Waals surface area (Å²) in [6.45, 7) is 0.341. The zero-order valence-electron chi connectivity index (χ0n) is 15.3. The van der Waals surface area contributed by atoms with Gasteiger partial charge in [-0.15, -0.1) is 22.7 Å². The molecule has 6 nitrogen and oxygen atoms in total. The van der Waals surface area contributed by atoms with Gasteiger partial charge in [-0.25, -0.2) is 13.4 Å². The highest BCUT2D eigenvalue weighted by atomic mass is 35.5. The van der Waals surface area contributed by atoms with Crippen LogP contribution in [0.1, 0.15) is 5.01 Å². The summed E-state index contributed by atoms with van der Waals surface area (Å²) in [7, 11) is -3.81. The Morgan fingerprint density at radius 2 is 1.97 bits per heavy atom. The molecule has 4 rings (SSSR count). The molecule has 1 atom stereocenters. The predicted molar refractivity (Wildman–Crippen MR) is 121 cm³/mol. The Labute approximate surface area is 191 Å². The van der Waals surface area contributed by atoms with E-state index in [0.29, 0.717) is 9.36 Å². The monoisotopic (exact) mass is 499 g/mol. The van der Waals surface area contributed by atoms with Gasteiger partial charge in [-0.05, 0) is 24.3 Å². The quantitative estimate of drug-likeness (QED) is 0.508. The lowest BCUT2D eigenvalue weighted by Crippen LogP contribution is -2.45. The Hall–Kier alpha value is -1.75. The third kappa shape index (κ3) is 4.46. The van der Waals surface area contributed by atoms with Crippen molar-refractivity contribution in [2.45, 2.75) is 16.8 Å². The Morgan fingerprint density at radius 3 is 2.67 bits per heavy atom. The number of carbonyl (C=O) groups excluding carboxylic acids is 1. The Bertz CT molecular complexity index is 1200. The van der Waals surface area contributed by atoms with Crippen LogP contribution in [0.25, 0.3) is 11.3 Å². The minimum atomic E-state index is -3.81. The van der Waals surface area contributed by atoms with Gasteiger partial charge in [0, 0.05) is 22.5 Å². The average molecular weight is 500 g/mol. The number of sulfonamides is 1. The van der Waals surface area contributed by atoms with Crippen LogP contribution in [0.3, 0.4) is 0 Å². The Kier molecular flexibility index (Phi) is 6.29. The lowest BCUT2D eigenvalue weighted by molar-refractivity contribution is -0.123. The molecule has 30 heavy (non-hydrogen) atoms. The smallest absolute Gasteiger partial charge is 0.253 e. The van der Waals surface area contributed by atoms with Crippen LogP contribution in [0.5, 0.6) is 0 Å². The number of nitrogens with zero attached hydrogens (tertiary/aromatic N) is 2. The number of thiazole rings is 1. The number of amides is 1. The molecule has 2 aromatic heterocycles. The molecule has 156 valence electrons. The Morgan fingerprint density at radius 1 is 1.20 bits per heavy atom. The molecule has 0 unspecified atom stereocenters. The minimum absolute atomic E-state index is 0.113. The summed E-state index contributed by atoms with van der Waals surface area (Å²) < 4.78 is 27.4. The first-order chi connectivity index (χ1) is 14.3. The van der Waals surface area contributed by atoms with E-state index in [9.17, 15) is 13.2 Å². The second-order valence-electron chi connectivity index (χ2n) is 6.36. The van der Waals surface area contributed by atoms with Crippen LogP contribution in [0.4, 0.5) is 0 Å². The van der Waals surface area contributed by atoms with E-state index in [-0.39, 0.29) is 17.3 Å². The second-order valence-corrected chi connectivity index (χ2v) is 11.6. The standard InChI is InChI=1S/C19H15Cl2N3O3S3/c20-13-5-3-12(4-6-13)14-11-28-17(23-14)10-22-19(25)15-2-1-9-24(15)30(26,27)18-8-7-16(21)29-18/h1-8,11,15H,9-10H2,(H,22,25)/t15-/m0/s1. The van der Waals surface area contributed by atoms with Crippen molar-refractivity contribution in [2.24, 2.45) is 0 Å². The van der Waals surface area contributed by atoms with Crippen LogP contribution in [0.2, 0.25) is 9.36 Å². The summed E-state index contributed by atoms with van der Waals surface area (Å²) in [5, 5.41) is 6.05. The normalized spacial score (nSPS) is 16.8. The molecule has 0 saturated carbocycles. The summed E-state index contributed by atoms with van der Waals surface area (Å²) in [6, 6.07) is 9.40. The molecule has 0 radical (unpaired) electrons. The topological polar surface area (TPSA) is 79.4 Å². The van der Waals surface area contributed by atoms with Crippen molar-refractivity contribution in [3.05, 3.63) is 68.3 Å². The number of thiophene rings is 1. The zero-order chi connectivity index (χ0) is 21.3. The molecule has 0 spiro atoms. The number of halogens is 2. The van der Waals surface area contributed by atoms with Crippen molar-refractivity contribution in [3.8, 4) is 11.3 Å². The number of hydrogen-bond acceptors (Lipinski definition) is 6. The maximum absolute atomic E-state index is 12.9. The maximum Gasteiger partial charge on any atom is 0.253 e. The first-order valence-corrected chi connectivity index (χ1v) is 12.7. The molecule has 1 N–H and O–H groups in total. The van der Waals surface area contributed by atoms with Gasteiger partial charge in [-0.3, -0.25) is 4.79 Å². The summed E-state index contributed by atoms with van der Waals surface area (Å²) >= 11 is 14.2. The first kappa shape index (κ1) is 21.5. The van der Waals surface area contributed by atoms with Crippen LogP contribution >= 0.6 is 45.9 Å². The van der Waals surface area contributed by atoms with E-state index in [0.717, 1.165) is 31.9 Å². The molecule has 11 heteroatoms. The molecule has 1 amide bonds. The molecular formula is C19H15Cl2N3O3S3. The number of rotatable bonds is 6. The van der Waals surface area contributed by atoms with Gasteiger partial charge >= 0.3 is 0 Å². The van der Waals surface area contributed by atoms with Gasteiger partial charge in [-0.2, -0.15) is 4.31 Å². The highest BCUT2D eigenvalue weighted by molar-refractivity contribution is 7.91. The van der Waals surface area contributed by atoms with Crippen molar-refractivity contribution in [3.63, 3.8) is 0 Å². The molecule has 3 aromatic rings. The molecule has 0 fully saturated rings. The number of nitrogens with one attached hydrogen (secondary N) is 1. The summed E-state index contributed by atoms with van der Waals surface area (Å²) in [5.41, 5.74) is 1.72. The van der Waals surface area contributed by atoms with Gasteiger partial charge in [0.15, 0.2) is 0 Å². The van der Waals surface area contributed by atoms with Crippen molar-refractivity contribution < 1.29 is 13.2 Å². The van der Waals surface area contributed by atoms with E-state index in [1.165, 1.54) is 23.5 Å². The highest BCUT2D eigenvalue weighted by Gasteiger charge is 2.37. The largest absolute Gasteiger partial charge is 0.348 e. The number of carbonyl (C=O) groups is 1. The maximum atomic E-state index is 12.9. The van der Waals surface area contributed by atoms with E-state index in [2.05, 4.69) is 10.3 Å². The SMILES string of the molecule is O=C(NCc1nc(-c2ccc(Cl)cc2)cs1)[C@@H]1C=CCN1S(=O)(=O)c1ccc(Cl)s1. The van der Waals surface area contributed by atoms with Gasteiger partial charge < -0.3 is 5.32 Å². The van der Waals surface area contributed by atoms with E-state index >= 15 is 0 Å². The van der Waals surface area contributed by atoms with Crippen molar-refractivity contribution in [1.29, 1.82) is 0 Å². The van der Waals surface area contributed by atoms with Gasteiger partial charge in [-0.1, -0.05) is 47.5 Å². The van der Waals surface area contributed by atoms with E-state index in [1.54, 1.807) is 24.3 Å². The first-order valence-electron chi connectivity index (χ1n) is 8.76. The molecule has 0 bridgehead atoms. The lowest BCUT2D eigenvalue weighted by atomic mass is 10.2. The Balaban J connectivity index is 1.42. The molecule has 0 saturated heterocycles. The molecular weight excluding hydrogens is 485 g/mol. The molecule has 1 aromatic carbocycles. The highest BCUT2D eigenvalue weighted by Crippen LogP contribution is 2.30. The van der Waals surface area contributed by atoms with Gasteiger partial charge in [0.1, 0.15) is 15.3 Å². The molecule has 0 aliphatic carbocycles. The predicted octanol–water partition coefficient (Wildman–Crippen LogP) is 4.42. The van der Waals surface area contributed by atoms with Crippen LogP contribution in [-0.2, 0) is 21.4 Å². The summed E-state index contributed by atoms with van der Waals surface area (Å²) in [4.78, 5) is 17.2. The molecule has 1 aliphatic heterocycles. The van der Waals surface area contributed by atoms with Crippen molar-refractivity contribution in [2.75, 3.05) is 6.54 Å². The molecule has 1 aliphatic rings. The third-order valence-electron chi connectivity index (χ3n) is 4.40. The minimum Gasteiger partial charge on any atom is -0.348 e. The average Bonchev–Trinajstić information content (AvgIpc) is 3.47. The fourth-order valence-electron chi connectivity index (χ4n) is 2.93.